The molecule has 0 radical (unpaired) electrons. The third-order valence-electron chi connectivity index (χ3n) is 6.76. The maximum absolute atomic E-state index is 13.9. The van der Waals surface area contributed by atoms with Crippen molar-refractivity contribution < 1.29 is 14.0 Å². The molecular formula is C33H31FN4O2. The smallest absolute Gasteiger partial charge is 0.258 e. The van der Waals surface area contributed by atoms with Crippen LogP contribution in [0.25, 0.3) is 11.3 Å². The fourth-order valence-corrected chi connectivity index (χ4v) is 4.71. The Morgan fingerprint density at radius 3 is 2.20 bits per heavy atom. The number of anilines is 3. The van der Waals surface area contributed by atoms with Gasteiger partial charge < -0.3 is 20.4 Å². The van der Waals surface area contributed by atoms with Gasteiger partial charge in [-0.05, 0) is 67.7 Å². The van der Waals surface area contributed by atoms with Gasteiger partial charge in [0, 0.05) is 30.0 Å². The zero-order valence-electron chi connectivity index (χ0n) is 22.5. The average molecular weight is 535 g/mol. The molecule has 0 fully saturated rings. The summed E-state index contributed by atoms with van der Waals surface area (Å²) in [7, 11) is 3.97. The van der Waals surface area contributed by atoms with Gasteiger partial charge >= 0.3 is 0 Å². The van der Waals surface area contributed by atoms with E-state index in [0.717, 1.165) is 29.0 Å². The quantitative estimate of drug-likeness (QED) is 0.263. The minimum atomic E-state index is -0.411. The van der Waals surface area contributed by atoms with Crippen LogP contribution in [-0.4, -0.2) is 43.9 Å². The van der Waals surface area contributed by atoms with Crippen LogP contribution in [0.5, 0.6) is 0 Å². The van der Waals surface area contributed by atoms with Gasteiger partial charge in [0.2, 0.25) is 5.91 Å². The highest BCUT2D eigenvalue weighted by Crippen LogP contribution is 2.38. The summed E-state index contributed by atoms with van der Waals surface area (Å²) in [6.45, 7) is 1.28. The maximum atomic E-state index is 13.9. The molecule has 202 valence electrons. The van der Waals surface area contributed by atoms with Crippen molar-refractivity contribution >= 4 is 40.1 Å². The summed E-state index contributed by atoms with van der Waals surface area (Å²) in [6.07, 6.45) is 0.313. The first-order chi connectivity index (χ1) is 19.4. The molecule has 5 rings (SSSR count). The summed E-state index contributed by atoms with van der Waals surface area (Å²) in [5.74, 6) is -0.692. The van der Waals surface area contributed by atoms with E-state index in [1.165, 1.54) is 12.1 Å². The van der Waals surface area contributed by atoms with Crippen molar-refractivity contribution in [3.8, 4) is 0 Å². The van der Waals surface area contributed by atoms with E-state index in [1.54, 1.807) is 6.07 Å². The third kappa shape index (κ3) is 6.11. The Hall–Kier alpha value is -4.75. The lowest BCUT2D eigenvalue weighted by molar-refractivity contribution is -0.118. The number of hydrogen-bond acceptors (Lipinski definition) is 4. The molecule has 1 aliphatic rings. The molecule has 4 aromatic rings. The SMILES string of the molecule is CN(C)CCN(C(=O)Cc1ccccc1)c1ccc(N/C(=C2\C(=O)Nc3cc(F)ccc32)c2ccccc2)cc1. The Kier molecular flexibility index (Phi) is 8.03. The largest absolute Gasteiger partial charge is 0.354 e. The van der Waals surface area contributed by atoms with Gasteiger partial charge in [0.05, 0.1) is 23.4 Å². The van der Waals surface area contributed by atoms with Crippen molar-refractivity contribution in [1.82, 2.24) is 4.90 Å². The van der Waals surface area contributed by atoms with Crippen LogP contribution < -0.4 is 15.5 Å². The topological polar surface area (TPSA) is 64.7 Å². The van der Waals surface area contributed by atoms with Gasteiger partial charge in [-0.2, -0.15) is 0 Å². The van der Waals surface area contributed by atoms with Crippen molar-refractivity contribution in [1.29, 1.82) is 0 Å². The summed E-state index contributed by atoms with van der Waals surface area (Å²) in [6, 6.07) is 31.2. The molecule has 0 unspecified atom stereocenters. The molecule has 0 atom stereocenters. The Balaban J connectivity index is 1.46. The van der Waals surface area contributed by atoms with E-state index in [4.69, 9.17) is 0 Å². The zero-order valence-corrected chi connectivity index (χ0v) is 22.5. The predicted molar refractivity (Wildman–Crippen MR) is 159 cm³/mol. The molecule has 0 bridgehead atoms. The summed E-state index contributed by atoms with van der Waals surface area (Å²) in [4.78, 5) is 30.3. The van der Waals surface area contributed by atoms with E-state index in [0.29, 0.717) is 35.5 Å². The fraction of sp³-hybridized carbons (Fsp3) is 0.152. The molecule has 7 heteroatoms. The number of likely N-dealkylation sites (N-methyl/N-ethyl adjacent to an activating group) is 1. The molecule has 1 aliphatic heterocycles. The molecule has 0 saturated heterocycles. The molecule has 2 amide bonds. The lowest BCUT2D eigenvalue weighted by Gasteiger charge is -2.25. The first-order valence-corrected chi connectivity index (χ1v) is 13.2. The number of nitrogens with one attached hydrogen (secondary N) is 2. The minimum Gasteiger partial charge on any atom is -0.354 e. The number of halogens is 1. The Morgan fingerprint density at radius 1 is 0.850 bits per heavy atom. The van der Waals surface area contributed by atoms with E-state index >= 15 is 0 Å². The Bertz CT molecular complexity index is 1530. The molecule has 4 aromatic carbocycles. The van der Waals surface area contributed by atoms with Crippen LogP contribution in [0.4, 0.5) is 21.5 Å². The number of amides is 2. The first kappa shape index (κ1) is 26.8. The highest BCUT2D eigenvalue weighted by molar-refractivity contribution is 6.37. The molecule has 1 heterocycles. The van der Waals surface area contributed by atoms with Crippen LogP contribution in [-0.2, 0) is 16.0 Å². The highest BCUT2D eigenvalue weighted by atomic mass is 19.1. The molecule has 0 aromatic heterocycles. The molecule has 2 N–H and O–H groups in total. The molecule has 6 nitrogen and oxygen atoms in total. The minimum absolute atomic E-state index is 0.0207. The number of rotatable bonds is 9. The number of hydrogen-bond donors (Lipinski definition) is 2. The normalized spacial score (nSPS) is 13.6. The number of carbonyl (C=O) groups is 2. The lowest BCUT2D eigenvalue weighted by atomic mass is 10.00. The monoisotopic (exact) mass is 534 g/mol. The second-order valence-corrected chi connectivity index (χ2v) is 9.94. The van der Waals surface area contributed by atoms with Crippen LogP contribution in [0.3, 0.4) is 0 Å². The van der Waals surface area contributed by atoms with Gasteiger partial charge in [-0.15, -0.1) is 0 Å². The van der Waals surface area contributed by atoms with Gasteiger partial charge in [0.1, 0.15) is 5.82 Å². The molecule has 0 aliphatic carbocycles. The highest BCUT2D eigenvalue weighted by Gasteiger charge is 2.29. The Labute approximate surface area is 233 Å². The van der Waals surface area contributed by atoms with E-state index in [1.807, 2.05) is 109 Å². The zero-order chi connectivity index (χ0) is 28.1. The van der Waals surface area contributed by atoms with Crippen LogP contribution >= 0.6 is 0 Å². The number of fused-ring (bicyclic) bond motifs is 1. The second-order valence-electron chi connectivity index (χ2n) is 9.94. The van der Waals surface area contributed by atoms with Gasteiger partial charge in [-0.25, -0.2) is 4.39 Å². The van der Waals surface area contributed by atoms with Gasteiger partial charge in [0.15, 0.2) is 0 Å². The van der Waals surface area contributed by atoms with E-state index < -0.39 is 5.82 Å². The van der Waals surface area contributed by atoms with Crippen LogP contribution in [0.15, 0.2) is 103 Å². The van der Waals surface area contributed by atoms with Crippen LogP contribution in [0.2, 0.25) is 0 Å². The van der Waals surface area contributed by atoms with E-state index in [-0.39, 0.29) is 11.8 Å². The standard InChI is InChI=1S/C33H31FN4O2/c1-37(2)19-20-38(30(39)21-23-9-5-3-6-10-23)27-16-14-26(15-17-27)35-32(24-11-7-4-8-12-24)31-28-18-13-25(34)22-29(28)36-33(31)40/h3-18,22,35H,19-21H2,1-2H3,(H,36,40)/b32-31-. The van der Waals surface area contributed by atoms with E-state index in [9.17, 15) is 14.0 Å². The van der Waals surface area contributed by atoms with E-state index in [2.05, 4.69) is 10.6 Å². The Morgan fingerprint density at radius 2 is 1.52 bits per heavy atom. The summed E-state index contributed by atoms with van der Waals surface area (Å²) < 4.78 is 13.9. The lowest BCUT2D eigenvalue weighted by Crippen LogP contribution is -2.37. The number of carbonyl (C=O) groups excluding carboxylic acids is 2. The summed E-state index contributed by atoms with van der Waals surface area (Å²) >= 11 is 0. The van der Waals surface area contributed by atoms with Crippen molar-refractivity contribution in [3.63, 3.8) is 0 Å². The summed E-state index contributed by atoms with van der Waals surface area (Å²) in [5.41, 5.74) is 5.46. The van der Waals surface area contributed by atoms with Crippen LogP contribution in [0, 0.1) is 5.82 Å². The maximum Gasteiger partial charge on any atom is 0.258 e. The average Bonchev–Trinajstić information content (AvgIpc) is 3.27. The van der Waals surface area contributed by atoms with Crippen molar-refractivity contribution in [3.05, 3.63) is 126 Å². The number of nitrogens with zero attached hydrogens (tertiary/aromatic N) is 2. The van der Waals surface area contributed by atoms with Crippen molar-refractivity contribution in [2.24, 2.45) is 0 Å². The van der Waals surface area contributed by atoms with Crippen LogP contribution in [0.1, 0.15) is 16.7 Å². The van der Waals surface area contributed by atoms with Gasteiger partial charge in [-0.1, -0.05) is 60.7 Å². The summed E-state index contributed by atoms with van der Waals surface area (Å²) in [5, 5.41) is 6.20. The van der Waals surface area contributed by atoms with Crippen molar-refractivity contribution in [2.45, 2.75) is 6.42 Å². The van der Waals surface area contributed by atoms with Gasteiger partial charge in [-0.3, -0.25) is 9.59 Å². The number of benzene rings is 4. The fourth-order valence-electron chi connectivity index (χ4n) is 4.71. The molecular weight excluding hydrogens is 503 g/mol. The molecule has 0 spiro atoms. The third-order valence-corrected chi connectivity index (χ3v) is 6.76. The predicted octanol–water partition coefficient (Wildman–Crippen LogP) is 5.90. The molecule has 0 saturated carbocycles. The van der Waals surface area contributed by atoms with Gasteiger partial charge in [0.25, 0.3) is 5.91 Å². The van der Waals surface area contributed by atoms with Crippen molar-refractivity contribution in [2.75, 3.05) is 42.7 Å². The first-order valence-electron chi connectivity index (χ1n) is 13.2. The molecule has 40 heavy (non-hydrogen) atoms. The second kappa shape index (κ2) is 12.0.